The second-order valence-electron chi connectivity index (χ2n) is 5.31. The zero-order valence-electron chi connectivity index (χ0n) is 13.2. The number of aryl methyl sites for hydroxylation is 1. The lowest BCUT2D eigenvalue weighted by Crippen LogP contribution is -2.14. The number of halogens is 1. The van der Waals surface area contributed by atoms with Gasteiger partial charge in [0.25, 0.3) is 0 Å². The Bertz CT molecular complexity index is 865. The fourth-order valence-electron chi connectivity index (χ4n) is 2.41. The number of hydrogen-bond donors (Lipinski definition) is 0. The van der Waals surface area contributed by atoms with Crippen LogP contribution in [0.2, 0.25) is 0 Å². The van der Waals surface area contributed by atoms with Crippen LogP contribution in [0.4, 0.5) is 4.39 Å². The quantitative estimate of drug-likeness (QED) is 0.689. The van der Waals surface area contributed by atoms with Gasteiger partial charge in [-0.25, -0.2) is 18.9 Å². The molecule has 6 nitrogen and oxygen atoms in total. The van der Waals surface area contributed by atoms with Gasteiger partial charge in [-0.15, -0.1) is 0 Å². The van der Waals surface area contributed by atoms with Crippen molar-refractivity contribution in [3.8, 4) is 5.69 Å². The van der Waals surface area contributed by atoms with E-state index in [-0.39, 0.29) is 5.56 Å². The summed E-state index contributed by atoms with van der Waals surface area (Å²) in [6, 6.07) is 6.23. The summed E-state index contributed by atoms with van der Waals surface area (Å²) in [6.07, 6.45) is 5.06. The van der Waals surface area contributed by atoms with Gasteiger partial charge in [-0.05, 0) is 37.6 Å². The number of carbonyl (C=O) groups is 1. The number of hydrogen-bond acceptors (Lipinski definition) is 5. The van der Waals surface area contributed by atoms with E-state index in [9.17, 15) is 9.18 Å². The zero-order valence-corrected chi connectivity index (χ0v) is 13.2. The summed E-state index contributed by atoms with van der Waals surface area (Å²) in [5.74, 6) is -1.04. The second-order valence-corrected chi connectivity index (χ2v) is 5.31. The molecule has 0 N–H and O–H groups in total. The average Bonchev–Trinajstić information content (AvgIpc) is 3.08. The van der Waals surface area contributed by atoms with Gasteiger partial charge < -0.3 is 4.74 Å². The van der Waals surface area contributed by atoms with Gasteiger partial charge in [-0.2, -0.15) is 5.10 Å². The smallest absolute Gasteiger partial charge is 0.340 e. The molecule has 0 radical (unpaired) electrons. The Labute approximate surface area is 137 Å². The number of carbonyl (C=O) groups excluding carboxylic acids is 1. The summed E-state index contributed by atoms with van der Waals surface area (Å²) in [5.41, 5.74) is 1.86. The molecular weight excluding hydrogens is 311 g/mol. The molecule has 7 heteroatoms. The van der Waals surface area contributed by atoms with Gasteiger partial charge in [0.1, 0.15) is 24.6 Å². The third-order valence-corrected chi connectivity index (χ3v) is 3.50. The van der Waals surface area contributed by atoms with Crippen molar-refractivity contribution in [3.63, 3.8) is 0 Å². The Balaban J connectivity index is 1.90. The third kappa shape index (κ3) is 3.15. The monoisotopic (exact) mass is 326 g/mol. The molecule has 0 fully saturated rings. The maximum Gasteiger partial charge on any atom is 0.340 e. The molecule has 1 aromatic carbocycles. The van der Waals surface area contributed by atoms with Gasteiger partial charge in [0.05, 0.1) is 16.8 Å². The minimum absolute atomic E-state index is 0.233. The lowest BCUT2D eigenvalue weighted by Gasteiger charge is -2.18. The van der Waals surface area contributed by atoms with Gasteiger partial charge in [0.2, 0.25) is 0 Å². The summed E-state index contributed by atoms with van der Waals surface area (Å²) in [4.78, 5) is 20.1. The topological polar surface area (TPSA) is 69.9 Å². The maximum absolute atomic E-state index is 14.3. The van der Waals surface area contributed by atoms with E-state index in [4.69, 9.17) is 4.74 Å². The van der Waals surface area contributed by atoms with E-state index >= 15 is 0 Å². The van der Waals surface area contributed by atoms with Crippen molar-refractivity contribution in [2.24, 2.45) is 0 Å². The van der Waals surface area contributed by atoms with Crippen LogP contribution in [-0.4, -0.2) is 25.7 Å². The third-order valence-electron chi connectivity index (χ3n) is 3.50. The highest BCUT2D eigenvalue weighted by molar-refractivity contribution is 5.89. The number of nitrogens with zero attached hydrogens (tertiary/aromatic N) is 4. The Kier molecular flexibility index (Phi) is 4.33. The van der Waals surface area contributed by atoms with Crippen molar-refractivity contribution in [1.29, 1.82) is 0 Å². The largest absolute Gasteiger partial charge is 0.454 e. The number of esters is 1. The average molecular weight is 326 g/mol. The Hall–Kier alpha value is -3.09. The molecule has 2 aromatic heterocycles. The van der Waals surface area contributed by atoms with E-state index in [1.807, 2.05) is 6.92 Å². The molecule has 3 aromatic rings. The number of benzene rings is 1. The van der Waals surface area contributed by atoms with E-state index in [1.54, 1.807) is 31.3 Å². The highest BCUT2D eigenvalue weighted by Gasteiger charge is 2.21. The predicted octanol–water partition coefficient (Wildman–Crippen LogP) is 3.03. The molecule has 2 heterocycles. The second kappa shape index (κ2) is 6.57. The highest BCUT2D eigenvalue weighted by atomic mass is 19.1. The summed E-state index contributed by atoms with van der Waals surface area (Å²) >= 11 is 0. The normalized spacial score (nSPS) is 12.0. The van der Waals surface area contributed by atoms with Gasteiger partial charge >= 0.3 is 5.97 Å². The SMILES string of the molecule is Cc1cncc(C(=O)OC(C)c2c(F)cccc2-n2cncn2)c1. The van der Waals surface area contributed by atoms with E-state index in [1.165, 1.54) is 29.6 Å². The first-order valence-electron chi connectivity index (χ1n) is 7.32. The molecule has 0 bridgehead atoms. The van der Waals surface area contributed by atoms with Crippen LogP contribution in [0.3, 0.4) is 0 Å². The Morgan fingerprint density at radius 2 is 2.12 bits per heavy atom. The summed E-state index contributed by atoms with van der Waals surface area (Å²) < 4.78 is 21.2. The fraction of sp³-hybridized carbons (Fsp3) is 0.176. The lowest BCUT2D eigenvalue weighted by atomic mass is 10.1. The summed E-state index contributed by atoms with van der Waals surface area (Å²) in [7, 11) is 0. The molecule has 0 spiro atoms. The van der Waals surface area contributed by atoms with Crippen LogP contribution in [0.5, 0.6) is 0 Å². The molecule has 0 saturated carbocycles. The van der Waals surface area contributed by atoms with E-state index in [2.05, 4.69) is 15.1 Å². The molecule has 0 aliphatic heterocycles. The van der Waals surface area contributed by atoms with E-state index in [0.717, 1.165) is 5.56 Å². The minimum Gasteiger partial charge on any atom is -0.454 e. The molecule has 0 amide bonds. The molecule has 1 unspecified atom stereocenters. The summed E-state index contributed by atoms with van der Waals surface area (Å²) in [5, 5.41) is 4.01. The number of pyridine rings is 1. The van der Waals surface area contributed by atoms with Crippen molar-refractivity contribution >= 4 is 5.97 Å². The van der Waals surface area contributed by atoms with Gasteiger partial charge in [-0.3, -0.25) is 4.98 Å². The van der Waals surface area contributed by atoms with Crippen molar-refractivity contribution in [2.45, 2.75) is 20.0 Å². The van der Waals surface area contributed by atoms with Crippen molar-refractivity contribution < 1.29 is 13.9 Å². The Morgan fingerprint density at radius 3 is 2.83 bits per heavy atom. The van der Waals surface area contributed by atoms with Crippen LogP contribution < -0.4 is 0 Å². The van der Waals surface area contributed by atoms with Crippen LogP contribution in [-0.2, 0) is 4.74 Å². The zero-order chi connectivity index (χ0) is 17.1. The molecule has 24 heavy (non-hydrogen) atoms. The van der Waals surface area contributed by atoms with Crippen molar-refractivity contribution in [1.82, 2.24) is 19.7 Å². The first-order chi connectivity index (χ1) is 11.6. The molecule has 0 aliphatic carbocycles. The summed E-state index contributed by atoms with van der Waals surface area (Å²) in [6.45, 7) is 3.44. The van der Waals surface area contributed by atoms with Crippen LogP contribution in [0, 0.1) is 12.7 Å². The standard InChI is InChI=1S/C17H15FN4O2/c1-11-6-13(8-19-7-11)17(23)24-12(2)16-14(18)4-3-5-15(16)22-10-20-9-21-22/h3-10,12H,1-2H3. The van der Waals surface area contributed by atoms with Crippen molar-refractivity contribution in [2.75, 3.05) is 0 Å². The van der Waals surface area contributed by atoms with Gasteiger partial charge in [-0.1, -0.05) is 6.07 Å². The predicted molar refractivity (Wildman–Crippen MR) is 84.1 cm³/mol. The molecule has 0 aliphatic rings. The first kappa shape index (κ1) is 15.8. The molecule has 122 valence electrons. The molecule has 3 rings (SSSR count). The van der Waals surface area contributed by atoms with Gasteiger partial charge in [0.15, 0.2) is 0 Å². The highest BCUT2D eigenvalue weighted by Crippen LogP contribution is 2.27. The lowest BCUT2D eigenvalue weighted by molar-refractivity contribution is 0.0330. The maximum atomic E-state index is 14.3. The minimum atomic E-state index is -0.807. The first-order valence-corrected chi connectivity index (χ1v) is 7.32. The number of rotatable bonds is 4. The number of ether oxygens (including phenoxy) is 1. The van der Waals surface area contributed by atoms with E-state index < -0.39 is 17.9 Å². The number of aromatic nitrogens is 4. The van der Waals surface area contributed by atoms with Crippen molar-refractivity contribution in [3.05, 3.63) is 71.8 Å². The Morgan fingerprint density at radius 1 is 1.29 bits per heavy atom. The van der Waals surface area contributed by atoms with Gasteiger partial charge in [0, 0.05) is 12.4 Å². The fourth-order valence-corrected chi connectivity index (χ4v) is 2.41. The molecular formula is C17H15FN4O2. The van der Waals surface area contributed by atoms with Crippen LogP contribution in [0.15, 0.2) is 49.3 Å². The molecule has 1 atom stereocenters. The molecule has 0 saturated heterocycles. The van der Waals surface area contributed by atoms with Crippen LogP contribution >= 0.6 is 0 Å². The van der Waals surface area contributed by atoms with Crippen LogP contribution in [0.1, 0.15) is 34.5 Å². The van der Waals surface area contributed by atoms with E-state index in [0.29, 0.717) is 11.3 Å². The van der Waals surface area contributed by atoms with Crippen LogP contribution in [0.25, 0.3) is 5.69 Å².